The normalized spacial score (nSPS) is 15.2. The second-order valence-electron chi connectivity index (χ2n) is 6.16. The second-order valence-corrected chi connectivity index (χ2v) is 7.78. The maximum atomic E-state index is 13.8. The number of nitrogens with zero attached hydrogens (tertiary/aromatic N) is 1. The Labute approximate surface area is 150 Å². The van der Waals surface area contributed by atoms with E-state index in [1.54, 1.807) is 11.0 Å². The molecule has 1 N–H and O–H groups in total. The Kier molecular flexibility index (Phi) is 4.95. The predicted molar refractivity (Wildman–Crippen MR) is 94.5 cm³/mol. The Bertz CT molecular complexity index is 941. The highest BCUT2D eigenvalue weighted by molar-refractivity contribution is 7.92. The van der Waals surface area contributed by atoms with E-state index in [1.165, 1.54) is 12.1 Å². The van der Waals surface area contributed by atoms with Gasteiger partial charge in [0.1, 0.15) is 11.6 Å². The SMILES string of the molecule is Cc1ccc(NS(=O)(=O)c2c(F)cccc2F)cc1N1CCCCC1=O. The van der Waals surface area contributed by atoms with Crippen LogP contribution in [0.2, 0.25) is 0 Å². The summed E-state index contributed by atoms with van der Waals surface area (Å²) in [5.41, 5.74) is 1.52. The molecule has 1 aliphatic rings. The Morgan fingerprint density at radius 1 is 1.08 bits per heavy atom. The third-order valence-corrected chi connectivity index (χ3v) is 5.70. The van der Waals surface area contributed by atoms with Crippen LogP contribution < -0.4 is 9.62 Å². The summed E-state index contributed by atoms with van der Waals surface area (Å²) in [5, 5.41) is 0. The highest BCUT2D eigenvalue weighted by Gasteiger charge is 2.25. The number of amides is 1. The fourth-order valence-corrected chi connectivity index (χ4v) is 4.16. The molecule has 0 saturated carbocycles. The van der Waals surface area contributed by atoms with Gasteiger partial charge in [-0.2, -0.15) is 0 Å². The van der Waals surface area contributed by atoms with Crippen LogP contribution in [0.25, 0.3) is 0 Å². The molecule has 0 spiro atoms. The number of carbonyl (C=O) groups is 1. The van der Waals surface area contributed by atoms with E-state index in [-0.39, 0.29) is 11.6 Å². The minimum atomic E-state index is -4.45. The fraction of sp³-hybridized carbons (Fsp3) is 0.278. The van der Waals surface area contributed by atoms with Gasteiger partial charge in [0.2, 0.25) is 5.91 Å². The van der Waals surface area contributed by atoms with Gasteiger partial charge in [-0.3, -0.25) is 9.52 Å². The lowest BCUT2D eigenvalue weighted by atomic mass is 10.1. The number of anilines is 2. The molecule has 0 aromatic heterocycles. The number of piperidine rings is 1. The van der Waals surface area contributed by atoms with E-state index in [4.69, 9.17) is 0 Å². The van der Waals surface area contributed by atoms with Gasteiger partial charge >= 0.3 is 0 Å². The predicted octanol–water partition coefficient (Wildman–Crippen LogP) is 3.59. The number of nitrogens with one attached hydrogen (secondary N) is 1. The number of aryl methyl sites for hydroxylation is 1. The number of hydrogen-bond acceptors (Lipinski definition) is 3. The molecule has 0 aliphatic carbocycles. The Morgan fingerprint density at radius 3 is 2.42 bits per heavy atom. The van der Waals surface area contributed by atoms with Crippen LogP contribution >= 0.6 is 0 Å². The number of sulfonamides is 1. The summed E-state index contributed by atoms with van der Waals surface area (Å²) in [5.74, 6) is -2.37. The highest BCUT2D eigenvalue weighted by Crippen LogP contribution is 2.29. The number of carbonyl (C=O) groups excluding carboxylic acids is 1. The molecule has 8 heteroatoms. The standard InChI is InChI=1S/C18H18F2N2O3S/c1-12-8-9-13(11-16(12)22-10-3-2-7-17(22)23)21-26(24,25)18-14(19)5-4-6-15(18)20/h4-6,8-9,11,21H,2-3,7,10H2,1H3. The minimum Gasteiger partial charge on any atom is -0.312 e. The van der Waals surface area contributed by atoms with Crippen LogP contribution in [0.3, 0.4) is 0 Å². The Morgan fingerprint density at radius 2 is 1.77 bits per heavy atom. The summed E-state index contributed by atoms with van der Waals surface area (Å²) >= 11 is 0. The van der Waals surface area contributed by atoms with E-state index in [9.17, 15) is 22.0 Å². The van der Waals surface area contributed by atoms with Crippen LogP contribution in [0.15, 0.2) is 41.3 Å². The summed E-state index contributed by atoms with van der Waals surface area (Å²) < 4.78 is 54.7. The van der Waals surface area contributed by atoms with Crippen LogP contribution in [0.4, 0.5) is 20.2 Å². The number of halogens is 2. The van der Waals surface area contributed by atoms with Gasteiger partial charge in [-0.1, -0.05) is 12.1 Å². The second kappa shape index (κ2) is 7.03. The number of rotatable bonds is 4. The van der Waals surface area contributed by atoms with Crippen molar-refractivity contribution in [2.24, 2.45) is 0 Å². The van der Waals surface area contributed by atoms with Crippen LogP contribution in [0.5, 0.6) is 0 Å². The van der Waals surface area contributed by atoms with Gasteiger partial charge in [0.25, 0.3) is 10.0 Å². The van der Waals surface area contributed by atoms with Crippen LogP contribution in [0, 0.1) is 18.6 Å². The van der Waals surface area contributed by atoms with E-state index >= 15 is 0 Å². The molecule has 1 amide bonds. The Balaban J connectivity index is 1.96. The molecule has 1 aliphatic heterocycles. The van der Waals surface area contributed by atoms with Crippen LogP contribution in [0.1, 0.15) is 24.8 Å². The molecular formula is C18H18F2N2O3S. The maximum absolute atomic E-state index is 13.8. The molecule has 2 aromatic rings. The van der Waals surface area contributed by atoms with Crippen molar-refractivity contribution in [3.8, 4) is 0 Å². The average Bonchev–Trinajstić information content (AvgIpc) is 2.56. The first-order valence-corrected chi connectivity index (χ1v) is 9.66. The molecule has 2 aromatic carbocycles. The van der Waals surface area contributed by atoms with Crippen molar-refractivity contribution in [1.82, 2.24) is 0 Å². The van der Waals surface area contributed by atoms with E-state index < -0.39 is 26.6 Å². The summed E-state index contributed by atoms with van der Waals surface area (Å²) in [6, 6.07) is 7.51. The molecule has 1 saturated heterocycles. The van der Waals surface area contributed by atoms with E-state index in [1.807, 2.05) is 6.92 Å². The van der Waals surface area contributed by atoms with Crippen LogP contribution in [-0.2, 0) is 14.8 Å². The van der Waals surface area contributed by atoms with E-state index in [0.717, 1.165) is 36.6 Å². The van der Waals surface area contributed by atoms with Gasteiger partial charge in [-0.05, 0) is 49.6 Å². The molecule has 1 heterocycles. The van der Waals surface area contributed by atoms with Crippen molar-refractivity contribution in [1.29, 1.82) is 0 Å². The van der Waals surface area contributed by atoms with Gasteiger partial charge in [0.15, 0.2) is 4.90 Å². The van der Waals surface area contributed by atoms with Gasteiger partial charge in [0.05, 0.1) is 5.69 Å². The highest BCUT2D eigenvalue weighted by atomic mass is 32.2. The Hall–Kier alpha value is -2.48. The van der Waals surface area contributed by atoms with Gasteiger partial charge in [-0.25, -0.2) is 17.2 Å². The molecular weight excluding hydrogens is 362 g/mol. The number of hydrogen-bond donors (Lipinski definition) is 1. The summed E-state index contributed by atoms with van der Waals surface area (Å²) in [6.45, 7) is 2.36. The molecule has 3 rings (SSSR count). The van der Waals surface area contributed by atoms with Crippen molar-refractivity contribution < 1.29 is 22.0 Å². The average molecular weight is 380 g/mol. The van der Waals surface area contributed by atoms with Gasteiger partial charge in [0, 0.05) is 18.7 Å². The monoisotopic (exact) mass is 380 g/mol. The van der Waals surface area contributed by atoms with Crippen molar-refractivity contribution >= 4 is 27.3 Å². The smallest absolute Gasteiger partial charge is 0.267 e. The summed E-state index contributed by atoms with van der Waals surface area (Å²) in [6.07, 6.45) is 2.13. The maximum Gasteiger partial charge on any atom is 0.267 e. The molecule has 0 bridgehead atoms. The third-order valence-electron chi connectivity index (χ3n) is 4.26. The lowest BCUT2D eigenvalue weighted by Crippen LogP contribution is -2.35. The zero-order valence-electron chi connectivity index (χ0n) is 14.1. The minimum absolute atomic E-state index is 0.0282. The molecule has 5 nitrogen and oxygen atoms in total. The van der Waals surface area contributed by atoms with Crippen LogP contribution in [-0.4, -0.2) is 20.9 Å². The zero-order chi connectivity index (χ0) is 18.9. The van der Waals surface area contributed by atoms with E-state index in [2.05, 4.69) is 4.72 Å². The molecule has 0 atom stereocenters. The first kappa shape index (κ1) is 18.3. The van der Waals surface area contributed by atoms with Crippen molar-refractivity contribution in [2.75, 3.05) is 16.2 Å². The van der Waals surface area contributed by atoms with Gasteiger partial charge in [-0.15, -0.1) is 0 Å². The molecule has 138 valence electrons. The lowest BCUT2D eigenvalue weighted by molar-refractivity contribution is -0.119. The topological polar surface area (TPSA) is 66.5 Å². The summed E-state index contributed by atoms with van der Waals surface area (Å²) in [7, 11) is -4.45. The van der Waals surface area contributed by atoms with Crippen molar-refractivity contribution in [2.45, 2.75) is 31.1 Å². The fourth-order valence-electron chi connectivity index (χ4n) is 2.97. The molecule has 26 heavy (non-hydrogen) atoms. The molecule has 0 unspecified atom stereocenters. The molecule has 1 fully saturated rings. The third kappa shape index (κ3) is 3.55. The summed E-state index contributed by atoms with van der Waals surface area (Å²) in [4.78, 5) is 12.7. The molecule has 0 radical (unpaired) electrons. The largest absolute Gasteiger partial charge is 0.312 e. The first-order chi connectivity index (χ1) is 12.3. The van der Waals surface area contributed by atoms with E-state index in [0.29, 0.717) is 18.7 Å². The first-order valence-electron chi connectivity index (χ1n) is 8.17. The van der Waals surface area contributed by atoms with Crippen molar-refractivity contribution in [3.63, 3.8) is 0 Å². The quantitative estimate of drug-likeness (QED) is 0.882. The van der Waals surface area contributed by atoms with Crippen molar-refractivity contribution in [3.05, 3.63) is 53.6 Å². The zero-order valence-corrected chi connectivity index (χ0v) is 14.9. The lowest BCUT2D eigenvalue weighted by Gasteiger charge is -2.28. The van der Waals surface area contributed by atoms with Gasteiger partial charge < -0.3 is 4.90 Å². The number of benzene rings is 2.